The van der Waals surface area contributed by atoms with Crippen LogP contribution in [0, 0.1) is 20.8 Å². The number of hydrogen-bond acceptors (Lipinski definition) is 4. The molecule has 1 fully saturated rings. The molecule has 4 nitrogen and oxygen atoms in total. The monoisotopic (exact) mass is 380 g/mol. The van der Waals surface area contributed by atoms with Crippen LogP contribution in [0.4, 0.5) is 5.13 Å². The molecule has 5 heteroatoms. The van der Waals surface area contributed by atoms with Crippen molar-refractivity contribution >= 4 is 32.6 Å². The zero-order valence-corrected chi connectivity index (χ0v) is 16.8. The molecule has 1 unspecified atom stereocenters. The van der Waals surface area contributed by atoms with Crippen molar-refractivity contribution in [3.8, 4) is 0 Å². The first-order valence-electron chi connectivity index (χ1n) is 9.40. The van der Waals surface area contributed by atoms with Crippen LogP contribution in [-0.4, -0.2) is 30.1 Å². The molecular formula is C22H24N2O2S. The molecule has 1 amide bonds. The summed E-state index contributed by atoms with van der Waals surface area (Å²) in [7, 11) is 0. The summed E-state index contributed by atoms with van der Waals surface area (Å²) in [5.74, 6) is -0.0149. The molecule has 1 saturated heterocycles. The van der Waals surface area contributed by atoms with Crippen LogP contribution in [-0.2, 0) is 4.74 Å². The molecular weight excluding hydrogens is 356 g/mol. The predicted octanol–water partition coefficient (Wildman–Crippen LogP) is 5.05. The molecule has 1 atom stereocenters. The summed E-state index contributed by atoms with van der Waals surface area (Å²) in [5, 5.41) is 0.750. The van der Waals surface area contributed by atoms with Crippen LogP contribution >= 0.6 is 11.3 Å². The fourth-order valence-corrected chi connectivity index (χ4v) is 4.45. The van der Waals surface area contributed by atoms with Gasteiger partial charge in [-0.1, -0.05) is 35.1 Å². The molecule has 1 aliphatic rings. The lowest BCUT2D eigenvalue weighted by atomic mass is 10.1. The minimum absolute atomic E-state index is 0.0149. The molecule has 1 aliphatic heterocycles. The highest BCUT2D eigenvalue weighted by Crippen LogP contribution is 2.33. The van der Waals surface area contributed by atoms with Crippen molar-refractivity contribution in [3.63, 3.8) is 0 Å². The van der Waals surface area contributed by atoms with E-state index in [4.69, 9.17) is 9.72 Å². The number of hydrogen-bond donors (Lipinski definition) is 0. The number of aryl methyl sites for hydroxylation is 3. The summed E-state index contributed by atoms with van der Waals surface area (Å²) in [6.07, 6.45) is 2.12. The topological polar surface area (TPSA) is 42.4 Å². The third-order valence-electron chi connectivity index (χ3n) is 5.26. The minimum atomic E-state index is -0.0149. The van der Waals surface area contributed by atoms with Crippen molar-refractivity contribution in [1.82, 2.24) is 4.98 Å². The van der Waals surface area contributed by atoms with E-state index in [-0.39, 0.29) is 12.0 Å². The lowest BCUT2D eigenvalue weighted by Crippen LogP contribution is -2.37. The number of ether oxygens (including phenoxy) is 1. The van der Waals surface area contributed by atoms with Crippen molar-refractivity contribution in [2.24, 2.45) is 0 Å². The van der Waals surface area contributed by atoms with E-state index in [1.807, 2.05) is 31.2 Å². The first kappa shape index (κ1) is 18.1. The molecule has 0 bridgehead atoms. The molecule has 0 radical (unpaired) electrons. The van der Waals surface area contributed by atoms with E-state index in [1.54, 1.807) is 16.2 Å². The maximum absolute atomic E-state index is 13.3. The summed E-state index contributed by atoms with van der Waals surface area (Å²) in [5.41, 5.74) is 5.21. The van der Waals surface area contributed by atoms with Gasteiger partial charge in [0.15, 0.2) is 5.13 Å². The molecule has 2 heterocycles. The Morgan fingerprint density at radius 1 is 1.19 bits per heavy atom. The van der Waals surface area contributed by atoms with Gasteiger partial charge in [-0.05, 0) is 62.9 Å². The van der Waals surface area contributed by atoms with Crippen molar-refractivity contribution in [3.05, 3.63) is 58.7 Å². The lowest BCUT2D eigenvalue weighted by molar-refractivity contribution is 0.0917. The SMILES string of the molecule is Cc1ccc(C(=O)N(CC2CCCO2)c2nc3c(C)c(C)ccc3s2)cc1. The summed E-state index contributed by atoms with van der Waals surface area (Å²) in [6.45, 7) is 7.53. The summed E-state index contributed by atoms with van der Waals surface area (Å²) in [4.78, 5) is 20.0. The van der Waals surface area contributed by atoms with Gasteiger partial charge in [-0.2, -0.15) is 0 Å². The number of fused-ring (bicyclic) bond motifs is 1. The highest BCUT2D eigenvalue weighted by molar-refractivity contribution is 7.22. The molecule has 2 aromatic carbocycles. The molecule has 0 N–H and O–H groups in total. The van der Waals surface area contributed by atoms with Crippen LogP contribution in [0.2, 0.25) is 0 Å². The number of rotatable bonds is 4. The quantitative estimate of drug-likeness (QED) is 0.636. The number of benzene rings is 2. The molecule has 0 aliphatic carbocycles. The maximum Gasteiger partial charge on any atom is 0.260 e. The minimum Gasteiger partial charge on any atom is -0.376 e. The van der Waals surface area contributed by atoms with Gasteiger partial charge in [0.2, 0.25) is 0 Å². The number of thiazole rings is 1. The van der Waals surface area contributed by atoms with Gasteiger partial charge < -0.3 is 4.74 Å². The number of carbonyl (C=O) groups is 1. The zero-order chi connectivity index (χ0) is 19.0. The van der Waals surface area contributed by atoms with E-state index in [2.05, 4.69) is 26.0 Å². The average Bonchev–Trinajstić information content (AvgIpc) is 3.33. The zero-order valence-electron chi connectivity index (χ0n) is 16.0. The Bertz CT molecular complexity index is 972. The van der Waals surface area contributed by atoms with E-state index in [0.29, 0.717) is 12.1 Å². The third-order valence-corrected chi connectivity index (χ3v) is 6.30. The predicted molar refractivity (Wildman–Crippen MR) is 111 cm³/mol. The number of aromatic nitrogens is 1. The van der Waals surface area contributed by atoms with Gasteiger partial charge in [-0.3, -0.25) is 9.69 Å². The van der Waals surface area contributed by atoms with Crippen LogP contribution < -0.4 is 4.90 Å². The highest BCUT2D eigenvalue weighted by atomic mass is 32.1. The van der Waals surface area contributed by atoms with E-state index in [9.17, 15) is 4.79 Å². The summed E-state index contributed by atoms with van der Waals surface area (Å²) in [6, 6.07) is 11.9. The first-order chi connectivity index (χ1) is 13.0. The lowest BCUT2D eigenvalue weighted by Gasteiger charge is -2.23. The maximum atomic E-state index is 13.3. The Hall–Kier alpha value is -2.24. The second-order valence-electron chi connectivity index (χ2n) is 7.27. The van der Waals surface area contributed by atoms with Gasteiger partial charge in [0.1, 0.15) is 0 Å². The Morgan fingerprint density at radius 2 is 1.96 bits per heavy atom. The van der Waals surface area contributed by atoms with Crippen LogP contribution in [0.25, 0.3) is 10.2 Å². The molecule has 0 spiro atoms. The molecule has 140 valence electrons. The van der Waals surface area contributed by atoms with Crippen LogP contribution in [0.3, 0.4) is 0 Å². The number of carbonyl (C=O) groups excluding carboxylic acids is 1. The molecule has 3 aromatic rings. The summed E-state index contributed by atoms with van der Waals surface area (Å²) < 4.78 is 6.92. The Morgan fingerprint density at radius 3 is 2.67 bits per heavy atom. The van der Waals surface area contributed by atoms with Crippen molar-refractivity contribution in [1.29, 1.82) is 0 Å². The Balaban J connectivity index is 1.74. The van der Waals surface area contributed by atoms with Crippen LogP contribution in [0.5, 0.6) is 0 Å². The first-order valence-corrected chi connectivity index (χ1v) is 10.2. The molecule has 0 saturated carbocycles. The van der Waals surface area contributed by atoms with Gasteiger partial charge in [0, 0.05) is 12.2 Å². The van der Waals surface area contributed by atoms with Gasteiger partial charge in [-0.25, -0.2) is 4.98 Å². The smallest absolute Gasteiger partial charge is 0.260 e. The fraction of sp³-hybridized carbons (Fsp3) is 0.364. The van der Waals surface area contributed by atoms with Gasteiger partial charge >= 0.3 is 0 Å². The second kappa shape index (κ2) is 7.41. The number of nitrogens with zero attached hydrogens (tertiary/aromatic N) is 2. The van der Waals surface area contributed by atoms with Crippen LogP contribution in [0.15, 0.2) is 36.4 Å². The van der Waals surface area contributed by atoms with E-state index in [0.717, 1.165) is 40.4 Å². The largest absolute Gasteiger partial charge is 0.376 e. The van der Waals surface area contributed by atoms with Crippen molar-refractivity contribution in [2.45, 2.75) is 39.7 Å². The Kier molecular flexibility index (Phi) is 4.98. The van der Waals surface area contributed by atoms with E-state index in [1.165, 1.54) is 11.1 Å². The highest BCUT2D eigenvalue weighted by Gasteiger charge is 2.27. The van der Waals surface area contributed by atoms with Crippen molar-refractivity contribution < 1.29 is 9.53 Å². The third kappa shape index (κ3) is 3.62. The van der Waals surface area contributed by atoms with Gasteiger partial charge in [0.25, 0.3) is 5.91 Å². The Labute approximate surface area is 163 Å². The average molecular weight is 381 g/mol. The van der Waals surface area contributed by atoms with Gasteiger partial charge in [-0.15, -0.1) is 0 Å². The number of anilines is 1. The van der Waals surface area contributed by atoms with Crippen LogP contribution in [0.1, 0.15) is 39.9 Å². The molecule has 4 rings (SSSR count). The fourth-order valence-electron chi connectivity index (χ4n) is 3.42. The number of amides is 1. The van der Waals surface area contributed by atoms with E-state index >= 15 is 0 Å². The molecule has 27 heavy (non-hydrogen) atoms. The molecule has 1 aromatic heterocycles. The second-order valence-corrected chi connectivity index (χ2v) is 8.28. The standard InChI is InChI=1S/C22H24N2O2S/c1-14-6-9-17(10-7-14)21(25)24(13-18-5-4-12-26-18)22-23-20-16(3)15(2)8-11-19(20)27-22/h6-11,18H,4-5,12-13H2,1-3H3. The van der Waals surface area contributed by atoms with E-state index < -0.39 is 0 Å². The normalized spacial score (nSPS) is 16.8. The van der Waals surface area contributed by atoms with Gasteiger partial charge in [0.05, 0.1) is 22.9 Å². The van der Waals surface area contributed by atoms with Crippen molar-refractivity contribution in [2.75, 3.05) is 18.1 Å². The summed E-state index contributed by atoms with van der Waals surface area (Å²) >= 11 is 1.58.